The highest BCUT2D eigenvalue weighted by molar-refractivity contribution is 7.85. The molecule has 0 saturated carbocycles. The van der Waals surface area contributed by atoms with E-state index >= 15 is 0 Å². The highest BCUT2D eigenvalue weighted by Crippen LogP contribution is 2.15. The van der Waals surface area contributed by atoms with Gasteiger partial charge in [-0.3, -0.25) is 4.21 Å². The zero-order valence-corrected chi connectivity index (χ0v) is 14.9. The van der Waals surface area contributed by atoms with Gasteiger partial charge in [-0.1, -0.05) is 45.2 Å². The molecule has 0 bridgehead atoms. The molecule has 0 aliphatic rings. The lowest BCUT2D eigenvalue weighted by atomic mass is 10.1. The quantitative estimate of drug-likeness (QED) is 0.597. The molecule has 3 heteroatoms. The minimum Gasteiger partial charge on any atom is -0.378 e. The van der Waals surface area contributed by atoms with Gasteiger partial charge in [0.25, 0.3) is 0 Å². The minimum atomic E-state index is -0.619. The summed E-state index contributed by atoms with van der Waals surface area (Å²) in [5.74, 6) is 0.879. The second kappa shape index (κ2) is 9.99. The lowest BCUT2D eigenvalue weighted by molar-refractivity contribution is 0.627. The zero-order valence-electron chi connectivity index (χ0n) is 14.1. The van der Waals surface area contributed by atoms with Gasteiger partial charge in [0.2, 0.25) is 0 Å². The molecule has 21 heavy (non-hydrogen) atoms. The molecule has 0 fully saturated rings. The van der Waals surface area contributed by atoms with Crippen LogP contribution in [0.5, 0.6) is 0 Å². The molecular weight excluding hydrogens is 278 g/mol. The van der Waals surface area contributed by atoms with Crippen molar-refractivity contribution in [3.63, 3.8) is 0 Å². The van der Waals surface area contributed by atoms with Crippen LogP contribution in [0.15, 0.2) is 24.3 Å². The highest BCUT2D eigenvalue weighted by atomic mass is 32.2. The molecule has 0 amide bonds. The molecule has 0 radical (unpaired) electrons. The van der Waals surface area contributed by atoms with E-state index in [4.69, 9.17) is 0 Å². The molecule has 1 aromatic carbocycles. The Morgan fingerprint density at radius 2 is 1.52 bits per heavy atom. The van der Waals surface area contributed by atoms with Crippen molar-refractivity contribution < 1.29 is 4.21 Å². The molecule has 0 saturated heterocycles. The van der Waals surface area contributed by atoms with Crippen molar-refractivity contribution in [3.8, 4) is 0 Å². The number of benzene rings is 1. The van der Waals surface area contributed by atoms with Crippen LogP contribution >= 0.6 is 0 Å². The second-order valence-corrected chi connectivity index (χ2v) is 8.32. The number of hydrogen-bond acceptors (Lipinski definition) is 2. The molecular formula is C18H31NOS. The minimum absolute atomic E-state index is 0.315. The van der Waals surface area contributed by atoms with E-state index in [0.717, 1.165) is 12.2 Å². The maximum Gasteiger partial charge on any atom is 0.0361 e. The van der Waals surface area contributed by atoms with Gasteiger partial charge in [-0.2, -0.15) is 0 Å². The van der Waals surface area contributed by atoms with Crippen LogP contribution in [-0.4, -0.2) is 29.3 Å². The van der Waals surface area contributed by atoms with Gasteiger partial charge in [-0.25, -0.2) is 0 Å². The topological polar surface area (TPSA) is 20.3 Å². The summed E-state index contributed by atoms with van der Waals surface area (Å²) in [6, 6.07) is 8.86. The van der Waals surface area contributed by atoms with Crippen molar-refractivity contribution >= 4 is 16.5 Å². The Kier molecular flexibility index (Phi) is 8.67. The average molecular weight is 310 g/mol. The van der Waals surface area contributed by atoms with Crippen LogP contribution in [0.4, 0.5) is 5.69 Å². The van der Waals surface area contributed by atoms with Crippen LogP contribution in [0, 0.1) is 0 Å². The molecule has 0 heterocycles. The molecule has 1 aromatic rings. The van der Waals surface area contributed by atoms with Crippen LogP contribution in [0.2, 0.25) is 0 Å². The van der Waals surface area contributed by atoms with Crippen LogP contribution in [0.25, 0.3) is 0 Å². The standard InChI is InChI=1S/C18H31NOS/c1-16(2)21(20)15-9-7-5-6-8-10-17-11-13-18(14-12-17)19(3)4/h11-14,16H,5-10,15H2,1-4H3. The van der Waals surface area contributed by atoms with Gasteiger partial charge in [-0.05, 0) is 37.0 Å². The summed E-state index contributed by atoms with van der Waals surface area (Å²) >= 11 is 0. The Morgan fingerprint density at radius 1 is 0.952 bits per heavy atom. The molecule has 1 unspecified atom stereocenters. The Bertz CT molecular complexity index is 412. The average Bonchev–Trinajstić information content (AvgIpc) is 2.46. The number of aryl methyl sites for hydroxylation is 1. The van der Waals surface area contributed by atoms with Crippen molar-refractivity contribution in [2.75, 3.05) is 24.7 Å². The van der Waals surface area contributed by atoms with Crippen molar-refractivity contribution in [2.24, 2.45) is 0 Å². The van der Waals surface area contributed by atoms with Crippen LogP contribution in [0.1, 0.15) is 51.5 Å². The van der Waals surface area contributed by atoms with Crippen LogP contribution < -0.4 is 4.90 Å². The van der Waals surface area contributed by atoms with E-state index in [1.807, 2.05) is 13.8 Å². The predicted molar refractivity (Wildman–Crippen MR) is 95.7 cm³/mol. The fourth-order valence-corrected chi connectivity index (χ4v) is 3.26. The highest BCUT2D eigenvalue weighted by Gasteiger charge is 2.03. The third-order valence-electron chi connectivity index (χ3n) is 3.79. The SMILES string of the molecule is CC(C)S(=O)CCCCCCCc1ccc(N(C)C)cc1. The summed E-state index contributed by atoms with van der Waals surface area (Å²) in [6.45, 7) is 4.08. The third kappa shape index (κ3) is 7.66. The maximum atomic E-state index is 11.6. The summed E-state index contributed by atoms with van der Waals surface area (Å²) in [6.07, 6.45) is 7.31. The predicted octanol–water partition coefficient (Wildman–Crippen LogP) is 4.40. The molecule has 0 N–H and O–H groups in total. The van der Waals surface area contributed by atoms with E-state index in [1.54, 1.807) is 0 Å². The first-order chi connectivity index (χ1) is 10.0. The van der Waals surface area contributed by atoms with E-state index in [9.17, 15) is 4.21 Å². The first-order valence-electron chi connectivity index (χ1n) is 8.14. The fourth-order valence-electron chi connectivity index (χ4n) is 2.30. The van der Waals surface area contributed by atoms with Crippen LogP contribution in [0.3, 0.4) is 0 Å². The second-order valence-electron chi connectivity index (χ2n) is 6.21. The van der Waals surface area contributed by atoms with Gasteiger partial charge in [0.15, 0.2) is 0 Å². The molecule has 120 valence electrons. The monoisotopic (exact) mass is 309 g/mol. The summed E-state index contributed by atoms with van der Waals surface area (Å²) in [5, 5.41) is 0.315. The fraction of sp³-hybridized carbons (Fsp3) is 0.667. The lowest BCUT2D eigenvalue weighted by Gasteiger charge is -2.12. The van der Waals surface area contributed by atoms with Crippen molar-refractivity contribution in [1.82, 2.24) is 0 Å². The molecule has 1 rings (SSSR count). The summed E-state index contributed by atoms with van der Waals surface area (Å²) in [4.78, 5) is 2.13. The zero-order chi connectivity index (χ0) is 15.7. The molecule has 0 aromatic heterocycles. The Balaban J connectivity index is 2.08. The third-order valence-corrected chi connectivity index (χ3v) is 5.53. The summed E-state index contributed by atoms with van der Waals surface area (Å²) in [7, 11) is 3.52. The number of unbranched alkanes of at least 4 members (excludes halogenated alkanes) is 4. The summed E-state index contributed by atoms with van der Waals surface area (Å²) in [5.41, 5.74) is 2.69. The molecule has 1 atom stereocenters. The van der Waals surface area contributed by atoms with Crippen molar-refractivity contribution in [1.29, 1.82) is 0 Å². The van der Waals surface area contributed by atoms with E-state index in [-0.39, 0.29) is 0 Å². The smallest absolute Gasteiger partial charge is 0.0361 e. The number of rotatable bonds is 10. The maximum absolute atomic E-state index is 11.6. The van der Waals surface area contributed by atoms with Gasteiger partial charge in [-0.15, -0.1) is 0 Å². The lowest BCUT2D eigenvalue weighted by Crippen LogP contribution is -2.09. The van der Waals surface area contributed by atoms with Gasteiger partial charge in [0, 0.05) is 41.6 Å². The van der Waals surface area contributed by atoms with Crippen molar-refractivity contribution in [3.05, 3.63) is 29.8 Å². The van der Waals surface area contributed by atoms with Crippen LogP contribution in [-0.2, 0) is 17.2 Å². The molecule has 0 aliphatic heterocycles. The molecule has 0 spiro atoms. The summed E-state index contributed by atoms with van der Waals surface area (Å²) < 4.78 is 11.6. The Hall–Kier alpha value is -0.830. The molecule has 0 aliphatic carbocycles. The number of nitrogens with zero attached hydrogens (tertiary/aromatic N) is 1. The largest absolute Gasteiger partial charge is 0.378 e. The normalized spacial score (nSPS) is 12.6. The van der Waals surface area contributed by atoms with Gasteiger partial charge in [0.1, 0.15) is 0 Å². The Morgan fingerprint density at radius 3 is 2.10 bits per heavy atom. The van der Waals surface area contributed by atoms with E-state index < -0.39 is 10.8 Å². The van der Waals surface area contributed by atoms with E-state index in [2.05, 4.69) is 43.3 Å². The van der Waals surface area contributed by atoms with Crippen molar-refractivity contribution in [2.45, 2.75) is 57.6 Å². The molecule has 2 nitrogen and oxygen atoms in total. The first kappa shape index (κ1) is 18.2. The first-order valence-corrected chi connectivity index (χ1v) is 9.52. The van der Waals surface area contributed by atoms with Gasteiger partial charge < -0.3 is 4.90 Å². The number of hydrogen-bond donors (Lipinski definition) is 0. The van der Waals surface area contributed by atoms with Gasteiger partial charge >= 0.3 is 0 Å². The van der Waals surface area contributed by atoms with E-state index in [1.165, 1.54) is 43.4 Å². The van der Waals surface area contributed by atoms with E-state index in [0.29, 0.717) is 5.25 Å². The Labute approximate surface area is 133 Å². The number of anilines is 1. The van der Waals surface area contributed by atoms with Gasteiger partial charge in [0.05, 0.1) is 0 Å².